The predicted octanol–water partition coefficient (Wildman–Crippen LogP) is 2.57. The Labute approximate surface area is 117 Å². The van der Waals surface area contributed by atoms with E-state index >= 15 is 0 Å². The van der Waals surface area contributed by atoms with Gasteiger partial charge in [-0.25, -0.2) is 4.79 Å². The number of imidazole rings is 1. The van der Waals surface area contributed by atoms with Crippen molar-refractivity contribution in [2.75, 3.05) is 0 Å². The standard InChI is InChI=1S/C16H17N3O/c1-3-18-8-9-19(16(18)20)11-13-10-12(2)17-15-7-5-4-6-14(13)15/h4-10H,3,11H2,1-2H3. The molecular weight excluding hydrogens is 250 g/mol. The van der Waals surface area contributed by atoms with Crippen LogP contribution in [0.4, 0.5) is 0 Å². The minimum atomic E-state index is 0.0334. The fraction of sp³-hybridized carbons (Fsp3) is 0.250. The summed E-state index contributed by atoms with van der Waals surface area (Å²) in [6, 6.07) is 10.1. The number of para-hydroxylation sites is 1. The molecule has 3 rings (SSSR count). The minimum absolute atomic E-state index is 0.0334. The van der Waals surface area contributed by atoms with Gasteiger partial charge in [0, 0.05) is 30.0 Å². The molecule has 0 atom stereocenters. The second-order valence-electron chi connectivity index (χ2n) is 4.93. The smallest absolute Gasteiger partial charge is 0.300 e. The summed E-state index contributed by atoms with van der Waals surface area (Å²) in [7, 11) is 0. The highest BCUT2D eigenvalue weighted by atomic mass is 16.1. The van der Waals surface area contributed by atoms with Crippen LogP contribution < -0.4 is 5.69 Å². The average molecular weight is 267 g/mol. The molecule has 0 aliphatic rings. The Kier molecular flexibility index (Phi) is 3.14. The topological polar surface area (TPSA) is 39.8 Å². The van der Waals surface area contributed by atoms with Gasteiger partial charge in [-0.3, -0.25) is 14.1 Å². The van der Waals surface area contributed by atoms with E-state index in [1.54, 1.807) is 9.13 Å². The van der Waals surface area contributed by atoms with E-state index in [0.29, 0.717) is 13.1 Å². The van der Waals surface area contributed by atoms with Crippen molar-refractivity contribution in [1.82, 2.24) is 14.1 Å². The van der Waals surface area contributed by atoms with Crippen molar-refractivity contribution in [3.8, 4) is 0 Å². The molecule has 102 valence electrons. The molecule has 4 nitrogen and oxygen atoms in total. The Bertz CT molecular complexity index is 814. The van der Waals surface area contributed by atoms with Crippen molar-refractivity contribution in [3.05, 3.63) is 64.5 Å². The molecule has 1 aromatic carbocycles. The quantitative estimate of drug-likeness (QED) is 0.731. The number of fused-ring (bicyclic) bond motifs is 1. The summed E-state index contributed by atoms with van der Waals surface area (Å²) in [6.07, 6.45) is 3.68. The van der Waals surface area contributed by atoms with Crippen LogP contribution in [0.5, 0.6) is 0 Å². The lowest BCUT2D eigenvalue weighted by Gasteiger charge is -2.08. The zero-order valence-corrected chi connectivity index (χ0v) is 11.7. The van der Waals surface area contributed by atoms with Crippen molar-refractivity contribution < 1.29 is 0 Å². The number of benzene rings is 1. The van der Waals surface area contributed by atoms with E-state index in [-0.39, 0.29) is 5.69 Å². The first-order chi connectivity index (χ1) is 9.69. The van der Waals surface area contributed by atoms with Gasteiger partial charge in [0.25, 0.3) is 0 Å². The summed E-state index contributed by atoms with van der Waals surface area (Å²) < 4.78 is 3.45. The number of aryl methyl sites for hydroxylation is 2. The summed E-state index contributed by atoms with van der Waals surface area (Å²) in [5, 5.41) is 1.11. The Morgan fingerprint density at radius 1 is 1.15 bits per heavy atom. The molecule has 0 saturated heterocycles. The molecule has 0 saturated carbocycles. The predicted molar refractivity (Wildman–Crippen MR) is 79.9 cm³/mol. The van der Waals surface area contributed by atoms with Crippen molar-refractivity contribution in [2.24, 2.45) is 0 Å². The number of aromatic nitrogens is 3. The van der Waals surface area contributed by atoms with Crippen LogP contribution in [0, 0.1) is 6.92 Å². The Balaban J connectivity index is 2.10. The van der Waals surface area contributed by atoms with E-state index in [1.807, 2.05) is 44.4 Å². The lowest BCUT2D eigenvalue weighted by molar-refractivity contribution is 0.669. The molecule has 20 heavy (non-hydrogen) atoms. The molecule has 0 aliphatic heterocycles. The average Bonchev–Trinajstić information content (AvgIpc) is 2.79. The second-order valence-corrected chi connectivity index (χ2v) is 4.93. The van der Waals surface area contributed by atoms with Crippen LogP contribution >= 0.6 is 0 Å². The molecule has 0 spiro atoms. The van der Waals surface area contributed by atoms with E-state index in [4.69, 9.17) is 0 Å². The zero-order chi connectivity index (χ0) is 14.1. The highest BCUT2D eigenvalue weighted by Gasteiger charge is 2.07. The van der Waals surface area contributed by atoms with Gasteiger partial charge in [-0.2, -0.15) is 0 Å². The molecule has 0 aliphatic carbocycles. The van der Waals surface area contributed by atoms with Crippen molar-refractivity contribution >= 4 is 10.9 Å². The SMILES string of the molecule is CCn1ccn(Cc2cc(C)nc3ccccc23)c1=O. The molecule has 0 bridgehead atoms. The molecule has 2 aromatic heterocycles. The summed E-state index contributed by atoms with van der Waals surface area (Å²) in [6.45, 7) is 5.23. The van der Waals surface area contributed by atoms with E-state index < -0.39 is 0 Å². The van der Waals surface area contributed by atoms with Gasteiger partial charge in [0.1, 0.15) is 0 Å². The number of rotatable bonds is 3. The van der Waals surface area contributed by atoms with Crippen LogP contribution in [0.2, 0.25) is 0 Å². The molecule has 0 fully saturated rings. The highest BCUT2D eigenvalue weighted by Crippen LogP contribution is 2.18. The lowest BCUT2D eigenvalue weighted by Crippen LogP contribution is -2.23. The monoisotopic (exact) mass is 267 g/mol. The largest absolute Gasteiger partial charge is 0.328 e. The molecule has 0 radical (unpaired) electrons. The summed E-state index contributed by atoms with van der Waals surface area (Å²) in [5.41, 5.74) is 3.11. The van der Waals surface area contributed by atoms with Crippen LogP contribution in [0.15, 0.2) is 47.5 Å². The Morgan fingerprint density at radius 3 is 2.65 bits per heavy atom. The van der Waals surface area contributed by atoms with Gasteiger partial charge in [-0.15, -0.1) is 0 Å². The van der Waals surface area contributed by atoms with Gasteiger partial charge >= 0.3 is 5.69 Å². The summed E-state index contributed by atoms with van der Waals surface area (Å²) in [4.78, 5) is 16.7. The third-order valence-electron chi connectivity index (χ3n) is 3.53. The van der Waals surface area contributed by atoms with Crippen LogP contribution in [0.3, 0.4) is 0 Å². The van der Waals surface area contributed by atoms with E-state index in [0.717, 1.165) is 22.2 Å². The Hall–Kier alpha value is -2.36. The molecule has 2 heterocycles. The number of pyridine rings is 1. The van der Waals surface area contributed by atoms with Crippen LogP contribution in [0.25, 0.3) is 10.9 Å². The third kappa shape index (κ3) is 2.13. The first-order valence-corrected chi connectivity index (χ1v) is 6.80. The van der Waals surface area contributed by atoms with Gasteiger partial charge < -0.3 is 0 Å². The Morgan fingerprint density at radius 2 is 1.90 bits per heavy atom. The van der Waals surface area contributed by atoms with Crippen molar-refractivity contribution in [3.63, 3.8) is 0 Å². The summed E-state index contributed by atoms with van der Waals surface area (Å²) >= 11 is 0. The number of nitrogens with zero attached hydrogens (tertiary/aromatic N) is 3. The van der Waals surface area contributed by atoms with Crippen LogP contribution in [0.1, 0.15) is 18.2 Å². The first-order valence-electron chi connectivity index (χ1n) is 6.80. The summed E-state index contributed by atoms with van der Waals surface area (Å²) in [5.74, 6) is 0. The molecule has 3 aromatic rings. The zero-order valence-electron chi connectivity index (χ0n) is 11.7. The number of hydrogen-bond donors (Lipinski definition) is 0. The molecule has 0 unspecified atom stereocenters. The van der Waals surface area contributed by atoms with E-state index in [1.165, 1.54) is 0 Å². The van der Waals surface area contributed by atoms with E-state index in [9.17, 15) is 4.79 Å². The van der Waals surface area contributed by atoms with Crippen molar-refractivity contribution in [2.45, 2.75) is 26.9 Å². The fourth-order valence-corrected chi connectivity index (χ4v) is 2.52. The maximum Gasteiger partial charge on any atom is 0.328 e. The maximum absolute atomic E-state index is 12.1. The van der Waals surface area contributed by atoms with Gasteiger partial charge in [0.2, 0.25) is 0 Å². The second kappa shape index (κ2) is 4.96. The van der Waals surface area contributed by atoms with E-state index in [2.05, 4.69) is 17.1 Å². The highest BCUT2D eigenvalue weighted by molar-refractivity contribution is 5.82. The molecule has 0 N–H and O–H groups in total. The van der Waals surface area contributed by atoms with Gasteiger partial charge in [-0.05, 0) is 31.5 Å². The third-order valence-corrected chi connectivity index (χ3v) is 3.53. The lowest BCUT2D eigenvalue weighted by atomic mass is 10.1. The van der Waals surface area contributed by atoms with Crippen LogP contribution in [-0.2, 0) is 13.1 Å². The molecular formula is C16H17N3O. The van der Waals surface area contributed by atoms with Gasteiger partial charge in [0.15, 0.2) is 0 Å². The normalized spacial score (nSPS) is 11.1. The van der Waals surface area contributed by atoms with Gasteiger partial charge in [-0.1, -0.05) is 18.2 Å². The molecule has 0 amide bonds. The minimum Gasteiger partial charge on any atom is -0.300 e. The van der Waals surface area contributed by atoms with Crippen molar-refractivity contribution in [1.29, 1.82) is 0 Å². The maximum atomic E-state index is 12.1. The fourth-order valence-electron chi connectivity index (χ4n) is 2.52. The van der Waals surface area contributed by atoms with Crippen LogP contribution in [-0.4, -0.2) is 14.1 Å². The molecule has 4 heteroatoms. The first kappa shape index (κ1) is 12.7. The number of hydrogen-bond acceptors (Lipinski definition) is 2. The van der Waals surface area contributed by atoms with Gasteiger partial charge in [0.05, 0.1) is 12.1 Å².